The van der Waals surface area contributed by atoms with Crippen LogP contribution in [0.4, 0.5) is 5.69 Å². The molecular formula is C23H20Cl2N2O6S2. The molecule has 0 radical (unpaired) electrons. The Balaban J connectivity index is 1.69. The quantitative estimate of drug-likeness (QED) is 0.309. The summed E-state index contributed by atoms with van der Waals surface area (Å²) in [5, 5.41) is 12.3. The van der Waals surface area contributed by atoms with E-state index in [1.807, 2.05) is 0 Å². The molecule has 2 aromatic rings. The van der Waals surface area contributed by atoms with Gasteiger partial charge in [0.2, 0.25) is 0 Å². The average molecular weight is 555 g/mol. The third kappa shape index (κ3) is 7.60. The first-order valence-electron chi connectivity index (χ1n) is 10.3. The van der Waals surface area contributed by atoms with E-state index in [-0.39, 0.29) is 25.5 Å². The Kier molecular flexibility index (Phi) is 9.39. The van der Waals surface area contributed by atoms with E-state index < -0.39 is 11.9 Å². The van der Waals surface area contributed by atoms with Crippen molar-refractivity contribution in [2.75, 3.05) is 25.1 Å². The minimum atomic E-state index is -1.01. The molecule has 8 nitrogen and oxygen atoms in total. The number of halogens is 2. The van der Waals surface area contributed by atoms with Gasteiger partial charge in [0.05, 0.1) is 17.9 Å². The molecule has 35 heavy (non-hydrogen) atoms. The first kappa shape index (κ1) is 26.8. The SMILES string of the molecule is CCOc1cc(/C=C2\SC(=S)N(CCC(=O)O)C2=O)ccc1OCC(=O)Nc1cc(Cl)cc(Cl)c1. The molecule has 1 aliphatic heterocycles. The van der Waals surface area contributed by atoms with Gasteiger partial charge in [-0.3, -0.25) is 19.3 Å². The fraction of sp³-hybridized carbons (Fsp3) is 0.217. The van der Waals surface area contributed by atoms with Crippen LogP contribution in [0, 0.1) is 0 Å². The van der Waals surface area contributed by atoms with Crippen LogP contribution in [0.1, 0.15) is 18.9 Å². The van der Waals surface area contributed by atoms with E-state index in [1.165, 1.54) is 4.90 Å². The third-order valence-electron chi connectivity index (χ3n) is 4.49. The number of thiocarbonyl (C=S) groups is 1. The molecule has 0 saturated carbocycles. The van der Waals surface area contributed by atoms with Gasteiger partial charge in [-0.05, 0) is 48.9 Å². The Morgan fingerprint density at radius 3 is 2.51 bits per heavy atom. The summed E-state index contributed by atoms with van der Waals surface area (Å²) in [5.74, 6) is -1.04. The molecule has 1 fully saturated rings. The van der Waals surface area contributed by atoms with Crippen LogP contribution in [0.3, 0.4) is 0 Å². The fourth-order valence-electron chi connectivity index (χ4n) is 3.02. The number of rotatable bonds is 10. The molecule has 12 heteroatoms. The summed E-state index contributed by atoms with van der Waals surface area (Å²) in [6.45, 7) is 1.88. The van der Waals surface area contributed by atoms with Crippen molar-refractivity contribution in [3.05, 3.63) is 56.9 Å². The number of ether oxygens (including phenoxy) is 2. The molecule has 2 aromatic carbocycles. The number of carboxylic acids is 1. The second-order valence-corrected chi connectivity index (χ2v) is 9.66. The van der Waals surface area contributed by atoms with Crippen molar-refractivity contribution in [3.8, 4) is 11.5 Å². The first-order chi connectivity index (χ1) is 16.7. The predicted molar refractivity (Wildman–Crippen MR) is 140 cm³/mol. The number of thioether (sulfide) groups is 1. The van der Waals surface area contributed by atoms with Gasteiger partial charge in [0.15, 0.2) is 18.1 Å². The molecule has 0 aliphatic carbocycles. The molecule has 0 spiro atoms. The second-order valence-electron chi connectivity index (χ2n) is 7.11. The predicted octanol–water partition coefficient (Wildman–Crippen LogP) is 5.09. The average Bonchev–Trinajstić information content (AvgIpc) is 3.03. The van der Waals surface area contributed by atoms with Gasteiger partial charge in [-0.25, -0.2) is 0 Å². The van der Waals surface area contributed by atoms with Crippen LogP contribution in [0.2, 0.25) is 10.0 Å². The van der Waals surface area contributed by atoms with Gasteiger partial charge in [0, 0.05) is 22.3 Å². The highest BCUT2D eigenvalue weighted by molar-refractivity contribution is 8.26. The summed E-state index contributed by atoms with van der Waals surface area (Å²) >= 11 is 18.2. The van der Waals surface area contributed by atoms with E-state index in [0.29, 0.717) is 48.6 Å². The van der Waals surface area contributed by atoms with Crippen molar-refractivity contribution in [2.45, 2.75) is 13.3 Å². The highest BCUT2D eigenvalue weighted by atomic mass is 35.5. The number of hydrogen-bond donors (Lipinski definition) is 2. The zero-order valence-electron chi connectivity index (χ0n) is 18.4. The van der Waals surface area contributed by atoms with Crippen LogP contribution in [-0.4, -0.2) is 51.9 Å². The largest absolute Gasteiger partial charge is 0.490 e. The molecule has 0 atom stereocenters. The third-order valence-corrected chi connectivity index (χ3v) is 6.31. The number of aliphatic carboxylic acids is 1. The molecule has 1 saturated heterocycles. The fourth-order valence-corrected chi connectivity index (χ4v) is 4.85. The number of carboxylic acid groups (broad SMARTS) is 1. The van der Waals surface area contributed by atoms with Crippen molar-refractivity contribution in [3.63, 3.8) is 0 Å². The van der Waals surface area contributed by atoms with E-state index in [1.54, 1.807) is 49.4 Å². The Morgan fingerprint density at radius 1 is 1.14 bits per heavy atom. The summed E-state index contributed by atoms with van der Waals surface area (Å²) in [6, 6.07) is 9.70. The summed E-state index contributed by atoms with van der Waals surface area (Å²) in [6.07, 6.45) is 1.44. The summed E-state index contributed by atoms with van der Waals surface area (Å²) in [7, 11) is 0. The Hall–Kier alpha value is -2.79. The lowest BCUT2D eigenvalue weighted by Gasteiger charge is -2.13. The number of carbonyl (C=O) groups excluding carboxylic acids is 2. The maximum Gasteiger partial charge on any atom is 0.305 e. The topological polar surface area (TPSA) is 105 Å². The van der Waals surface area contributed by atoms with Crippen LogP contribution in [0.15, 0.2) is 41.3 Å². The Bertz CT molecular complexity index is 1180. The minimum Gasteiger partial charge on any atom is -0.490 e. The maximum atomic E-state index is 12.6. The van der Waals surface area contributed by atoms with Crippen LogP contribution >= 0.6 is 47.2 Å². The number of benzene rings is 2. The Labute approximate surface area is 221 Å². The molecule has 184 valence electrons. The van der Waals surface area contributed by atoms with E-state index in [4.69, 9.17) is 50.0 Å². The number of hydrogen-bond acceptors (Lipinski definition) is 7. The van der Waals surface area contributed by atoms with Gasteiger partial charge in [-0.15, -0.1) is 0 Å². The van der Waals surface area contributed by atoms with Gasteiger partial charge >= 0.3 is 5.97 Å². The molecule has 2 N–H and O–H groups in total. The van der Waals surface area contributed by atoms with Crippen LogP contribution < -0.4 is 14.8 Å². The molecule has 0 bridgehead atoms. The lowest BCUT2D eigenvalue weighted by molar-refractivity contribution is -0.137. The van der Waals surface area contributed by atoms with E-state index in [2.05, 4.69) is 5.32 Å². The maximum absolute atomic E-state index is 12.6. The lowest BCUT2D eigenvalue weighted by Crippen LogP contribution is -2.30. The van der Waals surface area contributed by atoms with Crippen LogP contribution in [0.25, 0.3) is 6.08 Å². The van der Waals surface area contributed by atoms with Crippen LogP contribution in [0.5, 0.6) is 11.5 Å². The summed E-state index contributed by atoms with van der Waals surface area (Å²) in [4.78, 5) is 37.4. The number of nitrogens with zero attached hydrogens (tertiary/aromatic N) is 1. The standard InChI is InChI=1S/C23H20Cl2N2O6S2/c1-2-32-18-7-13(8-19-22(31)27(23(34)35-19)6-5-21(29)30)3-4-17(18)33-12-20(28)26-16-10-14(24)9-15(25)11-16/h3-4,7-11H,2,5-6,12H2,1H3,(H,26,28)(H,29,30)/b19-8-. The molecule has 3 rings (SSSR count). The summed E-state index contributed by atoms with van der Waals surface area (Å²) < 4.78 is 11.6. The normalized spacial score (nSPS) is 14.4. The van der Waals surface area contributed by atoms with Crippen molar-refractivity contribution < 1.29 is 29.0 Å². The smallest absolute Gasteiger partial charge is 0.305 e. The van der Waals surface area contributed by atoms with Crippen molar-refractivity contribution in [2.24, 2.45) is 0 Å². The Morgan fingerprint density at radius 2 is 1.86 bits per heavy atom. The highest BCUT2D eigenvalue weighted by Crippen LogP contribution is 2.35. The van der Waals surface area contributed by atoms with Crippen molar-refractivity contribution >= 4 is 81.0 Å². The van der Waals surface area contributed by atoms with Gasteiger partial charge in [-0.2, -0.15) is 0 Å². The number of amides is 2. The highest BCUT2D eigenvalue weighted by Gasteiger charge is 2.32. The number of nitrogens with one attached hydrogen (secondary N) is 1. The van der Waals surface area contributed by atoms with E-state index >= 15 is 0 Å². The minimum absolute atomic E-state index is 0.0117. The van der Waals surface area contributed by atoms with E-state index in [0.717, 1.165) is 11.8 Å². The van der Waals surface area contributed by atoms with Crippen LogP contribution in [-0.2, 0) is 14.4 Å². The molecule has 2 amide bonds. The molecular weight excluding hydrogens is 535 g/mol. The molecule has 0 aromatic heterocycles. The lowest BCUT2D eigenvalue weighted by atomic mass is 10.2. The number of carbonyl (C=O) groups is 3. The first-order valence-corrected chi connectivity index (χ1v) is 12.3. The zero-order chi connectivity index (χ0) is 25.5. The molecule has 0 unspecified atom stereocenters. The van der Waals surface area contributed by atoms with Crippen molar-refractivity contribution in [1.29, 1.82) is 0 Å². The monoisotopic (exact) mass is 554 g/mol. The molecule has 1 aliphatic rings. The second kappa shape index (κ2) is 12.3. The molecule has 1 heterocycles. The van der Waals surface area contributed by atoms with E-state index in [9.17, 15) is 14.4 Å². The van der Waals surface area contributed by atoms with Gasteiger partial charge in [0.25, 0.3) is 11.8 Å². The van der Waals surface area contributed by atoms with Crippen molar-refractivity contribution in [1.82, 2.24) is 4.90 Å². The van der Waals surface area contributed by atoms with Gasteiger partial charge in [0.1, 0.15) is 4.32 Å². The van der Waals surface area contributed by atoms with Gasteiger partial charge in [-0.1, -0.05) is 53.2 Å². The number of anilines is 1. The van der Waals surface area contributed by atoms with Gasteiger partial charge < -0.3 is 19.9 Å². The zero-order valence-corrected chi connectivity index (χ0v) is 21.5. The summed E-state index contributed by atoms with van der Waals surface area (Å²) in [5.41, 5.74) is 1.09.